The Morgan fingerprint density at radius 1 is 1.10 bits per heavy atom. The summed E-state index contributed by atoms with van der Waals surface area (Å²) < 4.78 is 12.0. The van der Waals surface area contributed by atoms with E-state index in [-0.39, 0.29) is 23.7 Å². The van der Waals surface area contributed by atoms with E-state index in [1.165, 1.54) is 0 Å². The summed E-state index contributed by atoms with van der Waals surface area (Å²) in [5.74, 6) is 0.839. The van der Waals surface area contributed by atoms with Crippen LogP contribution in [0.2, 0.25) is 5.02 Å². The third-order valence-corrected chi connectivity index (χ3v) is 5.85. The third-order valence-electron chi connectivity index (χ3n) is 5.59. The van der Waals surface area contributed by atoms with Crippen LogP contribution in [0.15, 0.2) is 42.5 Å². The van der Waals surface area contributed by atoms with Gasteiger partial charge in [-0.15, -0.1) is 0 Å². The molecule has 1 spiro atoms. The van der Waals surface area contributed by atoms with Crippen molar-refractivity contribution in [2.75, 3.05) is 13.2 Å². The first-order chi connectivity index (χ1) is 13.9. The summed E-state index contributed by atoms with van der Waals surface area (Å²) in [6.45, 7) is 5.28. The minimum atomic E-state index is -0.289. The first-order valence-electron chi connectivity index (χ1n) is 10.2. The zero-order valence-corrected chi connectivity index (χ0v) is 17.6. The van der Waals surface area contributed by atoms with Gasteiger partial charge in [0.15, 0.2) is 0 Å². The Morgan fingerprint density at radius 2 is 1.79 bits per heavy atom. The highest BCUT2D eigenvalue weighted by Gasteiger charge is 2.42. The number of hydrogen-bond acceptors (Lipinski definition) is 3. The molecule has 2 aromatic carbocycles. The molecule has 5 nitrogen and oxygen atoms in total. The van der Waals surface area contributed by atoms with Crippen molar-refractivity contribution in [3.63, 3.8) is 0 Å². The van der Waals surface area contributed by atoms with E-state index in [1.54, 1.807) is 0 Å². The van der Waals surface area contributed by atoms with Crippen molar-refractivity contribution in [2.24, 2.45) is 0 Å². The second-order valence-electron chi connectivity index (χ2n) is 8.19. The second kappa shape index (κ2) is 8.25. The summed E-state index contributed by atoms with van der Waals surface area (Å²) in [6, 6.07) is 13.8. The highest BCUT2D eigenvalue weighted by molar-refractivity contribution is 6.30. The van der Waals surface area contributed by atoms with Crippen molar-refractivity contribution in [1.82, 2.24) is 10.6 Å². The number of carbonyl (C=O) groups is 1. The lowest BCUT2D eigenvalue weighted by Crippen LogP contribution is -2.50. The van der Waals surface area contributed by atoms with E-state index in [0.29, 0.717) is 18.2 Å². The van der Waals surface area contributed by atoms with Crippen LogP contribution >= 0.6 is 11.6 Å². The van der Waals surface area contributed by atoms with Gasteiger partial charge in [0, 0.05) is 35.9 Å². The summed E-state index contributed by atoms with van der Waals surface area (Å²) in [4.78, 5) is 12.5. The molecule has 0 bridgehead atoms. The Morgan fingerprint density at radius 3 is 2.48 bits per heavy atom. The van der Waals surface area contributed by atoms with Gasteiger partial charge in [-0.2, -0.15) is 0 Å². The minimum absolute atomic E-state index is 0.0757. The number of nitrogens with one attached hydrogen (secondary N) is 2. The monoisotopic (exact) mass is 414 g/mol. The largest absolute Gasteiger partial charge is 0.487 e. The lowest BCUT2D eigenvalue weighted by molar-refractivity contribution is -0.0637. The van der Waals surface area contributed by atoms with Gasteiger partial charge in [0.1, 0.15) is 11.4 Å². The molecule has 0 radical (unpaired) electrons. The minimum Gasteiger partial charge on any atom is -0.487 e. The molecule has 1 fully saturated rings. The second-order valence-corrected chi connectivity index (χ2v) is 8.62. The maximum Gasteiger partial charge on any atom is 0.315 e. The Kier molecular flexibility index (Phi) is 5.70. The van der Waals surface area contributed by atoms with E-state index < -0.39 is 0 Å². The normalized spacial score (nSPS) is 20.1. The Bertz CT molecular complexity index is 876. The number of benzene rings is 2. The van der Waals surface area contributed by atoms with Crippen LogP contribution < -0.4 is 15.4 Å². The molecule has 2 aromatic rings. The molecule has 2 aliphatic rings. The number of rotatable bonds is 3. The molecular weight excluding hydrogens is 388 g/mol. The fourth-order valence-corrected chi connectivity index (χ4v) is 4.26. The van der Waals surface area contributed by atoms with E-state index in [0.717, 1.165) is 41.7 Å². The lowest BCUT2D eigenvalue weighted by Gasteiger charge is -2.44. The summed E-state index contributed by atoms with van der Waals surface area (Å²) in [7, 11) is 0. The van der Waals surface area contributed by atoms with Crippen LogP contribution in [0.5, 0.6) is 5.75 Å². The van der Waals surface area contributed by atoms with Crippen LogP contribution in [0.1, 0.15) is 44.7 Å². The Hall–Kier alpha value is -2.24. The van der Waals surface area contributed by atoms with Crippen LogP contribution in [-0.2, 0) is 4.74 Å². The number of ether oxygens (including phenoxy) is 2. The quantitative estimate of drug-likeness (QED) is 0.735. The van der Waals surface area contributed by atoms with Gasteiger partial charge >= 0.3 is 6.03 Å². The molecule has 2 aliphatic heterocycles. The van der Waals surface area contributed by atoms with Crippen molar-refractivity contribution in [3.05, 3.63) is 53.1 Å². The molecule has 4 rings (SSSR count). The molecule has 29 heavy (non-hydrogen) atoms. The number of fused-ring (bicyclic) bond motifs is 1. The third kappa shape index (κ3) is 4.51. The molecule has 1 saturated heterocycles. The van der Waals surface area contributed by atoms with E-state index in [2.05, 4.69) is 22.8 Å². The number of urea groups is 1. The van der Waals surface area contributed by atoms with E-state index >= 15 is 0 Å². The number of hydrogen-bond donors (Lipinski definition) is 2. The predicted octanol–water partition coefficient (Wildman–Crippen LogP) is 5.09. The van der Waals surface area contributed by atoms with Crippen LogP contribution in [0.25, 0.3) is 11.1 Å². The van der Waals surface area contributed by atoms with Gasteiger partial charge < -0.3 is 20.1 Å². The molecule has 0 saturated carbocycles. The summed E-state index contributed by atoms with van der Waals surface area (Å²) in [5, 5.41) is 6.82. The fourth-order valence-electron chi connectivity index (χ4n) is 4.13. The van der Waals surface area contributed by atoms with Crippen LogP contribution in [0, 0.1) is 0 Å². The van der Waals surface area contributed by atoms with Crippen molar-refractivity contribution >= 4 is 17.6 Å². The molecule has 0 aromatic heterocycles. The maximum absolute atomic E-state index is 12.5. The number of amides is 2. The van der Waals surface area contributed by atoms with E-state index in [4.69, 9.17) is 21.1 Å². The summed E-state index contributed by atoms with van der Waals surface area (Å²) >= 11 is 6.03. The summed E-state index contributed by atoms with van der Waals surface area (Å²) in [5.41, 5.74) is 2.87. The molecule has 6 heteroatoms. The van der Waals surface area contributed by atoms with Crippen molar-refractivity contribution in [1.29, 1.82) is 0 Å². The highest BCUT2D eigenvalue weighted by atomic mass is 35.5. The average Bonchev–Trinajstić information content (AvgIpc) is 2.68. The fraction of sp³-hybridized carbons (Fsp3) is 0.435. The van der Waals surface area contributed by atoms with Crippen molar-refractivity contribution < 1.29 is 14.3 Å². The van der Waals surface area contributed by atoms with Crippen LogP contribution in [0.3, 0.4) is 0 Å². The smallest absolute Gasteiger partial charge is 0.315 e. The van der Waals surface area contributed by atoms with Crippen LogP contribution in [-0.4, -0.2) is 30.9 Å². The molecule has 0 aliphatic carbocycles. The van der Waals surface area contributed by atoms with Gasteiger partial charge in [-0.1, -0.05) is 29.8 Å². The molecule has 1 atom stereocenters. The number of halogens is 1. The van der Waals surface area contributed by atoms with Gasteiger partial charge in [-0.3, -0.25) is 0 Å². The number of carbonyl (C=O) groups excluding carboxylic acids is 1. The zero-order valence-electron chi connectivity index (χ0n) is 16.8. The molecule has 154 valence electrons. The molecule has 2 heterocycles. The first-order valence-corrected chi connectivity index (χ1v) is 10.6. The highest BCUT2D eigenvalue weighted by Crippen LogP contribution is 2.45. The van der Waals surface area contributed by atoms with Crippen LogP contribution in [0.4, 0.5) is 4.79 Å². The summed E-state index contributed by atoms with van der Waals surface area (Å²) in [6.07, 6.45) is 2.39. The SMILES string of the molecule is CC(C)NC(=O)NC1CC2(CCOCC2)Oc2ccc(-c3ccc(Cl)cc3)cc21. The molecule has 1 unspecified atom stereocenters. The molecule has 2 N–H and O–H groups in total. The van der Waals surface area contributed by atoms with Gasteiger partial charge in [0.05, 0.1) is 19.3 Å². The lowest BCUT2D eigenvalue weighted by atomic mass is 9.81. The first kappa shape index (κ1) is 20.0. The predicted molar refractivity (Wildman–Crippen MR) is 114 cm³/mol. The zero-order chi connectivity index (χ0) is 20.4. The maximum atomic E-state index is 12.5. The Labute approximate surface area is 176 Å². The standard InChI is InChI=1S/C23H27ClN2O3/c1-15(2)25-22(27)26-20-14-23(9-11-28-12-10-23)29-21-8-5-17(13-19(20)21)16-3-6-18(24)7-4-16/h3-8,13,15,20H,9-12,14H2,1-2H3,(H2,25,26,27). The van der Waals surface area contributed by atoms with Gasteiger partial charge in [-0.25, -0.2) is 4.79 Å². The molecular formula is C23H27ClN2O3. The van der Waals surface area contributed by atoms with E-state index in [9.17, 15) is 4.79 Å². The van der Waals surface area contributed by atoms with Crippen molar-refractivity contribution in [2.45, 2.75) is 50.8 Å². The Balaban J connectivity index is 1.68. The van der Waals surface area contributed by atoms with Gasteiger partial charge in [0.2, 0.25) is 0 Å². The topological polar surface area (TPSA) is 59.6 Å². The van der Waals surface area contributed by atoms with Crippen molar-refractivity contribution in [3.8, 4) is 16.9 Å². The van der Waals surface area contributed by atoms with Gasteiger partial charge in [-0.05, 0) is 49.2 Å². The average molecular weight is 415 g/mol. The molecule has 2 amide bonds. The van der Waals surface area contributed by atoms with E-state index in [1.807, 2.05) is 44.2 Å². The van der Waals surface area contributed by atoms with Gasteiger partial charge in [0.25, 0.3) is 0 Å².